The number of carboxylic acid groups (broad SMARTS) is 2. The van der Waals surface area contributed by atoms with Crippen LogP contribution in [0.5, 0.6) is 0 Å². The van der Waals surface area contributed by atoms with Crippen LogP contribution in [0.15, 0.2) is 23.1 Å². The molecule has 0 spiro atoms. The Morgan fingerprint density at radius 1 is 0.900 bits per heavy atom. The molecule has 0 aromatic carbocycles. The van der Waals surface area contributed by atoms with E-state index in [0.29, 0.717) is 26.6 Å². The quantitative estimate of drug-likeness (QED) is 0.585. The molecule has 2 aromatic rings. The van der Waals surface area contributed by atoms with Gasteiger partial charge in [0.25, 0.3) is 0 Å². The van der Waals surface area contributed by atoms with E-state index in [2.05, 4.69) is 14.8 Å². The fourth-order valence-electron chi connectivity index (χ4n) is 3.30. The maximum Gasteiger partial charge on any atom is 0.414 e. The van der Waals surface area contributed by atoms with Gasteiger partial charge in [0, 0.05) is 32.4 Å². The highest BCUT2D eigenvalue weighted by Crippen LogP contribution is 2.12. The first-order chi connectivity index (χ1) is 14.5. The van der Waals surface area contributed by atoms with Gasteiger partial charge in [0.1, 0.15) is 0 Å². The highest BCUT2D eigenvalue weighted by molar-refractivity contribution is 6.27. The van der Waals surface area contributed by atoms with Gasteiger partial charge in [-0.25, -0.2) is 19.4 Å². The predicted octanol–water partition coefficient (Wildman–Crippen LogP) is -1.07. The summed E-state index contributed by atoms with van der Waals surface area (Å²) in [7, 11) is 0. The van der Waals surface area contributed by atoms with Gasteiger partial charge in [-0.05, 0) is 12.1 Å². The van der Waals surface area contributed by atoms with Gasteiger partial charge in [0.15, 0.2) is 5.65 Å². The molecule has 2 aliphatic rings. The molecular formula is C18H25N5O7. The molecule has 4 heterocycles. The Morgan fingerprint density at radius 2 is 1.40 bits per heavy atom. The third kappa shape index (κ3) is 5.42. The van der Waals surface area contributed by atoms with Gasteiger partial charge >= 0.3 is 17.6 Å². The molecule has 2 aliphatic heterocycles. The number of carboxylic acids is 2. The van der Waals surface area contributed by atoms with Crippen LogP contribution in [0.25, 0.3) is 11.2 Å². The van der Waals surface area contributed by atoms with Crippen LogP contribution in [0, 0.1) is 0 Å². The van der Waals surface area contributed by atoms with Crippen LogP contribution in [-0.4, -0.2) is 98.7 Å². The van der Waals surface area contributed by atoms with Crippen molar-refractivity contribution < 1.29 is 29.3 Å². The van der Waals surface area contributed by atoms with Crippen molar-refractivity contribution in [3.8, 4) is 0 Å². The number of nitrogens with zero attached hydrogens (tertiary/aromatic N) is 5. The minimum absolute atomic E-state index is 0.00156. The molecule has 2 aromatic heterocycles. The monoisotopic (exact) mass is 423 g/mol. The van der Waals surface area contributed by atoms with E-state index in [1.165, 1.54) is 0 Å². The van der Waals surface area contributed by atoms with Crippen molar-refractivity contribution in [1.82, 2.24) is 23.9 Å². The standard InChI is InChI=1S/C16H23N5O3.C2H2O4/c22-16-20(12-18-4-8-23-9-5-18)14-2-1-3-17-15(14)21(16)13-19-6-10-24-11-7-19;3-1(4)2(5)6/h1-3H,4-13H2;(H,3,4)(H,5,6). The normalized spacial score (nSPS) is 18.0. The van der Waals surface area contributed by atoms with Gasteiger partial charge in [-0.3, -0.25) is 18.9 Å². The van der Waals surface area contributed by atoms with Crippen molar-refractivity contribution in [3.63, 3.8) is 0 Å². The molecule has 0 atom stereocenters. The molecule has 30 heavy (non-hydrogen) atoms. The Morgan fingerprint density at radius 3 is 1.90 bits per heavy atom. The van der Waals surface area contributed by atoms with Crippen molar-refractivity contribution in [3.05, 3.63) is 28.8 Å². The second-order valence-corrected chi connectivity index (χ2v) is 6.84. The van der Waals surface area contributed by atoms with Gasteiger partial charge < -0.3 is 19.7 Å². The lowest BCUT2D eigenvalue weighted by molar-refractivity contribution is -0.159. The zero-order valence-corrected chi connectivity index (χ0v) is 16.5. The number of fused-ring (bicyclic) bond motifs is 1. The largest absolute Gasteiger partial charge is 0.473 e. The third-order valence-electron chi connectivity index (χ3n) is 4.85. The average Bonchev–Trinajstić information content (AvgIpc) is 3.02. The van der Waals surface area contributed by atoms with Crippen LogP contribution in [0.1, 0.15) is 0 Å². The van der Waals surface area contributed by atoms with Crippen LogP contribution in [0.4, 0.5) is 0 Å². The maximum absolute atomic E-state index is 13.0. The second kappa shape index (κ2) is 10.3. The first-order valence-corrected chi connectivity index (χ1v) is 9.58. The molecular weight excluding hydrogens is 398 g/mol. The van der Waals surface area contributed by atoms with Crippen LogP contribution >= 0.6 is 0 Å². The Labute approximate surface area is 171 Å². The lowest BCUT2D eigenvalue weighted by Crippen LogP contribution is -2.42. The lowest BCUT2D eigenvalue weighted by atomic mass is 10.4. The van der Waals surface area contributed by atoms with Gasteiger partial charge in [-0.1, -0.05) is 0 Å². The number of carbonyl (C=O) groups is 2. The molecule has 0 radical (unpaired) electrons. The number of aliphatic carboxylic acids is 2. The van der Waals surface area contributed by atoms with Gasteiger partial charge in [-0.2, -0.15) is 0 Å². The highest BCUT2D eigenvalue weighted by atomic mass is 16.5. The summed E-state index contributed by atoms with van der Waals surface area (Å²) >= 11 is 0. The van der Waals surface area contributed by atoms with E-state index >= 15 is 0 Å². The van der Waals surface area contributed by atoms with Crippen LogP contribution < -0.4 is 5.69 Å². The first-order valence-electron chi connectivity index (χ1n) is 9.58. The molecule has 2 saturated heterocycles. The van der Waals surface area contributed by atoms with E-state index in [1.807, 2.05) is 16.7 Å². The van der Waals surface area contributed by atoms with Gasteiger partial charge in [0.2, 0.25) is 0 Å². The molecule has 4 rings (SSSR count). The topological polar surface area (TPSA) is 139 Å². The molecule has 12 heteroatoms. The minimum atomic E-state index is -1.82. The number of pyridine rings is 1. The van der Waals surface area contributed by atoms with E-state index in [0.717, 1.165) is 50.6 Å². The predicted molar refractivity (Wildman–Crippen MR) is 104 cm³/mol. The SMILES string of the molecule is O=C(O)C(=O)O.O=c1n(CN2CCOCC2)c2cccnc2n1CN1CCOCC1. The summed E-state index contributed by atoms with van der Waals surface area (Å²) in [5.74, 6) is -3.65. The average molecular weight is 423 g/mol. The van der Waals surface area contributed by atoms with Crippen LogP contribution in [0.2, 0.25) is 0 Å². The smallest absolute Gasteiger partial charge is 0.414 e. The fourth-order valence-corrected chi connectivity index (χ4v) is 3.30. The summed E-state index contributed by atoms with van der Waals surface area (Å²) in [6, 6.07) is 3.86. The summed E-state index contributed by atoms with van der Waals surface area (Å²) < 4.78 is 14.4. The van der Waals surface area contributed by atoms with Crippen LogP contribution in [-0.2, 0) is 32.4 Å². The van der Waals surface area contributed by atoms with E-state index in [4.69, 9.17) is 29.3 Å². The third-order valence-corrected chi connectivity index (χ3v) is 4.85. The summed E-state index contributed by atoms with van der Waals surface area (Å²) in [6.07, 6.45) is 1.75. The number of rotatable bonds is 4. The molecule has 12 nitrogen and oxygen atoms in total. The molecule has 0 aliphatic carbocycles. The minimum Gasteiger partial charge on any atom is -0.473 e. The van der Waals surface area contributed by atoms with Crippen molar-refractivity contribution in [2.45, 2.75) is 13.3 Å². The number of hydrogen-bond acceptors (Lipinski definition) is 8. The van der Waals surface area contributed by atoms with Crippen LogP contribution in [0.3, 0.4) is 0 Å². The van der Waals surface area contributed by atoms with E-state index in [1.54, 1.807) is 10.8 Å². The Balaban J connectivity index is 0.000000377. The van der Waals surface area contributed by atoms with E-state index in [9.17, 15) is 4.79 Å². The number of hydrogen-bond donors (Lipinski definition) is 2. The molecule has 0 bridgehead atoms. The number of ether oxygens (including phenoxy) is 2. The van der Waals surface area contributed by atoms with Crippen molar-refractivity contribution >= 4 is 23.1 Å². The highest BCUT2D eigenvalue weighted by Gasteiger charge is 2.20. The first kappa shape index (κ1) is 21.9. The van der Waals surface area contributed by atoms with E-state index in [-0.39, 0.29) is 5.69 Å². The zero-order valence-electron chi connectivity index (χ0n) is 16.5. The number of aromatic nitrogens is 3. The molecule has 2 N–H and O–H groups in total. The fraction of sp³-hybridized carbons (Fsp3) is 0.556. The molecule has 0 saturated carbocycles. The number of imidazole rings is 1. The molecule has 2 fully saturated rings. The maximum atomic E-state index is 13.0. The van der Waals surface area contributed by atoms with Gasteiger partial charge in [0.05, 0.1) is 45.3 Å². The Bertz CT molecular complexity index is 857. The van der Waals surface area contributed by atoms with Crippen molar-refractivity contribution in [1.29, 1.82) is 0 Å². The second-order valence-electron chi connectivity index (χ2n) is 6.84. The molecule has 0 unspecified atom stereocenters. The van der Waals surface area contributed by atoms with E-state index < -0.39 is 11.9 Å². The lowest BCUT2D eigenvalue weighted by Gasteiger charge is -2.27. The number of morpholine rings is 2. The summed E-state index contributed by atoms with van der Waals surface area (Å²) in [5, 5.41) is 14.8. The van der Waals surface area contributed by atoms with Crippen molar-refractivity contribution in [2.24, 2.45) is 0 Å². The molecule has 0 amide bonds. The Hall–Kier alpha value is -2.80. The summed E-state index contributed by atoms with van der Waals surface area (Å²) in [6.45, 7) is 7.41. The zero-order chi connectivity index (χ0) is 21.5. The Kier molecular flexibility index (Phi) is 7.52. The van der Waals surface area contributed by atoms with Gasteiger partial charge in [-0.15, -0.1) is 0 Å². The summed E-state index contributed by atoms with van der Waals surface area (Å²) in [5.41, 5.74) is 1.64. The van der Waals surface area contributed by atoms with Crippen molar-refractivity contribution in [2.75, 3.05) is 52.6 Å². The summed E-state index contributed by atoms with van der Waals surface area (Å²) in [4.78, 5) is 40.1. The molecule has 164 valence electrons.